The van der Waals surface area contributed by atoms with Gasteiger partial charge >= 0.3 is 0 Å². The van der Waals surface area contributed by atoms with Gasteiger partial charge in [-0.3, -0.25) is 0 Å². The van der Waals surface area contributed by atoms with Crippen molar-refractivity contribution in [2.75, 3.05) is 0 Å². The van der Waals surface area contributed by atoms with E-state index in [1.165, 1.54) is 11.3 Å². The van der Waals surface area contributed by atoms with Crippen molar-refractivity contribution >= 4 is 0 Å². The lowest BCUT2D eigenvalue weighted by atomic mass is 10.2. The molecule has 0 aliphatic rings. The molecule has 0 atom stereocenters. The van der Waals surface area contributed by atoms with Crippen LogP contribution in [0.1, 0.15) is 18.2 Å². The first-order valence-electron chi connectivity index (χ1n) is 3.36. The number of aryl methyl sites for hydroxylation is 2. The predicted octanol–water partition coefficient (Wildman–Crippen LogP) is 1.90. The highest BCUT2D eigenvalue weighted by atomic mass is 14.9. The molecule has 1 heteroatoms. The fourth-order valence-corrected chi connectivity index (χ4v) is 1.22. The second kappa shape index (κ2) is 2.26. The topological polar surface area (TPSA) is 4.93 Å². The lowest BCUT2D eigenvalue weighted by molar-refractivity contribution is 0.831. The van der Waals surface area contributed by atoms with E-state index in [1.54, 1.807) is 0 Å². The molecule has 1 nitrogen and oxygen atoms in total. The summed E-state index contributed by atoms with van der Waals surface area (Å²) in [5.74, 6) is 0. The van der Waals surface area contributed by atoms with Crippen molar-refractivity contribution in [1.82, 2.24) is 4.57 Å². The Labute approximate surface area is 56.3 Å². The first kappa shape index (κ1) is 6.40. The molecule has 0 saturated carbocycles. The van der Waals surface area contributed by atoms with Crippen LogP contribution in [-0.2, 0) is 13.5 Å². The largest absolute Gasteiger partial charge is 0.354 e. The molecule has 0 aliphatic carbocycles. The molecule has 0 fully saturated rings. The van der Waals surface area contributed by atoms with E-state index < -0.39 is 0 Å². The monoisotopic (exact) mass is 123 g/mol. The van der Waals surface area contributed by atoms with Crippen molar-refractivity contribution in [2.24, 2.45) is 7.05 Å². The molecule has 0 unspecified atom stereocenters. The second-order valence-electron chi connectivity index (χ2n) is 2.41. The minimum atomic E-state index is 1.13. The number of hydrogen-bond acceptors (Lipinski definition) is 0. The molecule has 0 aliphatic heterocycles. The number of rotatable bonds is 1. The molecule has 0 aromatic carbocycles. The van der Waals surface area contributed by atoms with E-state index in [-0.39, 0.29) is 0 Å². The minimum absolute atomic E-state index is 1.13. The zero-order valence-electron chi connectivity index (χ0n) is 6.31. The van der Waals surface area contributed by atoms with E-state index in [9.17, 15) is 0 Å². The van der Waals surface area contributed by atoms with Gasteiger partial charge in [-0.1, -0.05) is 6.92 Å². The maximum atomic E-state index is 2.18. The minimum Gasteiger partial charge on any atom is -0.354 e. The van der Waals surface area contributed by atoms with E-state index in [0.29, 0.717) is 0 Å². The van der Waals surface area contributed by atoms with Gasteiger partial charge in [-0.2, -0.15) is 0 Å². The van der Waals surface area contributed by atoms with Crippen LogP contribution in [0.2, 0.25) is 0 Å². The molecule has 0 N–H and O–H groups in total. The van der Waals surface area contributed by atoms with Crippen molar-refractivity contribution in [3.05, 3.63) is 23.5 Å². The Bertz CT molecular complexity index is 179. The van der Waals surface area contributed by atoms with E-state index in [2.05, 4.69) is 37.7 Å². The summed E-state index contributed by atoms with van der Waals surface area (Å²) in [6.07, 6.45) is 3.24. The number of nitrogens with zero attached hydrogens (tertiary/aromatic N) is 1. The summed E-state index contributed by atoms with van der Waals surface area (Å²) in [5.41, 5.74) is 2.84. The molecular weight excluding hydrogens is 110 g/mol. The third kappa shape index (κ3) is 0.995. The zero-order chi connectivity index (χ0) is 6.85. The highest BCUT2D eigenvalue weighted by molar-refractivity contribution is 5.19. The van der Waals surface area contributed by atoms with Gasteiger partial charge < -0.3 is 4.57 Å². The zero-order valence-corrected chi connectivity index (χ0v) is 6.31. The van der Waals surface area contributed by atoms with Gasteiger partial charge in [-0.25, -0.2) is 0 Å². The maximum Gasteiger partial charge on any atom is 0.0198 e. The van der Waals surface area contributed by atoms with Gasteiger partial charge in [0.25, 0.3) is 0 Å². The molecule has 50 valence electrons. The first-order valence-corrected chi connectivity index (χ1v) is 3.36. The lowest BCUT2D eigenvalue weighted by Gasteiger charge is -1.98. The molecule has 1 aromatic rings. The quantitative estimate of drug-likeness (QED) is 0.537. The Morgan fingerprint density at radius 1 is 1.56 bits per heavy atom. The van der Waals surface area contributed by atoms with Crippen molar-refractivity contribution in [1.29, 1.82) is 0 Å². The highest BCUT2D eigenvalue weighted by Crippen LogP contribution is 2.07. The Morgan fingerprint density at radius 2 is 2.22 bits per heavy atom. The predicted molar refractivity (Wildman–Crippen MR) is 39.5 cm³/mol. The van der Waals surface area contributed by atoms with Gasteiger partial charge in [-0.15, -0.1) is 0 Å². The van der Waals surface area contributed by atoms with Crippen LogP contribution in [0, 0.1) is 6.92 Å². The van der Waals surface area contributed by atoms with Crippen LogP contribution in [-0.4, -0.2) is 4.57 Å². The van der Waals surface area contributed by atoms with Crippen LogP contribution in [0.5, 0.6) is 0 Å². The van der Waals surface area contributed by atoms with Crippen molar-refractivity contribution in [2.45, 2.75) is 20.3 Å². The second-order valence-corrected chi connectivity index (χ2v) is 2.41. The van der Waals surface area contributed by atoms with E-state index in [4.69, 9.17) is 0 Å². The fourth-order valence-electron chi connectivity index (χ4n) is 1.22. The summed E-state index contributed by atoms with van der Waals surface area (Å²) in [6.45, 7) is 4.33. The standard InChI is InChI=1S/C8H13N/c1-4-8-7(2)5-6-9(8)3/h5-6H,4H2,1-3H3. The Balaban J connectivity index is 3.07. The smallest absolute Gasteiger partial charge is 0.0198 e. The fraction of sp³-hybridized carbons (Fsp3) is 0.500. The van der Waals surface area contributed by atoms with Gasteiger partial charge in [0.2, 0.25) is 0 Å². The van der Waals surface area contributed by atoms with E-state index in [1.807, 2.05) is 0 Å². The summed E-state index contributed by atoms with van der Waals surface area (Å²) >= 11 is 0. The molecule has 0 spiro atoms. The van der Waals surface area contributed by atoms with Gasteiger partial charge in [0.15, 0.2) is 0 Å². The third-order valence-corrected chi connectivity index (χ3v) is 1.76. The van der Waals surface area contributed by atoms with Crippen molar-refractivity contribution < 1.29 is 0 Å². The Morgan fingerprint density at radius 3 is 2.44 bits per heavy atom. The summed E-state index contributed by atoms with van der Waals surface area (Å²) in [4.78, 5) is 0. The normalized spacial score (nSPS) is 10.1. The first-order chi connectivity index (χ1) is 4.25. The maximum absolute atomic E-state index is 2.18. The summed E-state index contributed by atoms with van der Waals surface area (Å²) < 4.78 is 2.18. The Hall–Kier alpha value is -0.720. The van der Waals surface area contributed by atoms with Gasteiger partial charge in [0.05, 0.1) is 0 Å². The molecule has 0 radical (unpaired) electrons. The molecule has 0 bridgehead atoms. The van der Waals surface area contributed by atoms with Crippen LogP contribution in [0.15, 0.2) is 12.3 Å². The van der Waals surface area contributed by atoms with Crippen LogP contribution in [0.3, 0.4) is 0 Å². The average Bonchev–Trinajstić information content (AvgIpc) is 2.12. The SMILES string of the molecule is CCc1c(C)ccn1C. The number of aromatic nitrogens is 1. The molecule has 9 heavy (non-hydrogen) atoms. The summed E-state index contributed by atoms with van der Waals surface area (Å²) in [7, 11) is 2.09. The molecule has 0 saturated heterocycles. The number of hydrogen-bond donors (Lipinski definition) is 0. The summed E-state index contributed by atoms with van der Waals surface area (Å²) in [6, 6.07) is 2.15. The molecule has 1 rings (SSSR count). The lowest BCUT2D eigenvalue weighted by Crippen LogP contribution is -1.93. The molecular formula is C8H13N. The van der Waals surface area contributed by atoms with Gasteiger partial charge in [0.1, 0.15) is 0 Å². The molecule has 1 aromatic heterocycles. The van der Waals surface area contributed by atoms with Gasteiger partial charge in [0, 0.05) is 18.9 Å². The van der Waals surface area contributed by atoms with Gasteiger partial charge in [-0.05, 0) is 25.0 Å². The molecule has 1 heterocycles. The van der Waals surface area contributed by atoms with Crippen molar-refractivity contribution in [3.63, 3.8) is 0 Å². The summed E-state index contributed by atoms with van der Waals surface area (Å²) in [5, 5.41) is 0. The van der Waals surface area contributed by atoms with E-state index in [0.717, 1.165) is 6.42 Å². The average molecular weight is 123 g/mol. The van der Waals surface area contributed by atoms with Crippen molar-refractivity contribution in [3.8, 4) is 0 Å². The van der Waals surface area contributed by atoms with Crippen LogP contribution >= 0.6 is 0 Å². The van der Waals surface area contributed by atoms with Crippen LogP contribution in [0.4, 0.5) is 0 Å². The molecule has 0 amide bonds. The highest BCUT2D eigenvalue weighted by Gasteiger charge is 1.96. The third-order valence-electron chi connectivity index (χ3n) is 1.76. The van der Waals surface area contributed by atoms with Crippen LogP contribution < -0.4 is 0 Å². The van der Waals surface area contributed by atoms with Crippen LogP contribution in [0.25, 0.3) is 0 Å². The Kier molecular flexibility index (Phi) is 1.60. The van der Waals surface area contributed by atoms with E-state index >= 15 is 0 Å².